The Morgan fingerprint density at radius 1 is 1.53 bits per heavy atom. The van der Waals surface area contributed by atoms with Crippen molar-refractivity contribution in [3.8, 4) is 0 Å². The molecule has 0 spiro atoms. The fourth-order valence-corrected chi connectivity index (χ4v) is 2.66. The van der Waals surface area contributed by atoms with Crippen LogP contribution in [0, 0.1) is 10.5 Å². The summed E-state index contributed by atoms with van der Waals surface area (Å²) < 4.78 is 0.981. The van der Waals surface area contributed by atoms with Crippen molar-refractivity contribution in [2.24, 2.45) is 0 Å². The maximum Gasteiger partial charge on any atom is 0.252 e. The Kier molecular flexibility index (Phi) is 3.73. The Hall–Kier alpha value is -0.620. The Morgan fingerprint density at radius 3 is 2.76 bits per heavy atom. The lowest BCUT2D eigenvalue weighted by Gasteiger charge is -2.41. The monoisotopic (exact) mass is 345 g/mol. The summed E-state index contributed by atoms with van der Waals surface area (Å²) in [7, 11) is 0. The van der Waals surface area contributed by atoms with E-state index < -0.39 is 0 Å². The molecule has 0 unspecified atom stereocenters. The minimum Gasteiger partial charge on any atom is -0.394 e. The van der Waals surface area contributed by atoms with Crippen molar-refractivity contribution < 1.29 is 9.90 Å². The quantitative estimate of drug-likeness (QED) is 0.826. The van der Waals surface area contributed by atoms with Gasteiger partial charge in [-0.2, -0.15) is 0 Å². The van der Waals surface area contributed by atoms with Crippen molar-refractivity contribution in [3.05, 3.63) is 32.9 Å². The van der Waals surface area contributed by atoms with E-state index in [1.165, 1.54) is 0 Å². The molecular weight excluding hydrogens is 329 g/mol. The van der Waals surface area contributed by atoms with Crippen molar-refractivity contribution in [2.75, 3.05) is 6.61 Å². The standard InChI is InChI=1S/C13H16INO2/c1-9-4-2-5-10(11(9)14)12(17)15-13(8-16)6-3-7-13/h2,4-5,16H,3,6-8H2,1H3,(H,15,17). The molecule has 1 aromatic carbocycles. The lowest BCUT2D eigenvalue weighted by molar-refractivity contribution is 0.0641. The zero-order valence-corrected chi connectivity index (χ0v) is 12.0. The molecule has 0 atom stereocenters. The van der Waals surface area contributed by atoms with Crippen LogP contribution in [-0.2, 0) is 0 Å². The molecule has 1 aliphatic rings. The molecule has 2 N–H and O–H groups in total. The first kappa shape index (κ1) is 12.8. The van der Waals surface area contributed by atoms with E-state index in [-0.39, 0.29) is 18.1 Å². The Bertz CT molecular complexity index is 436. The van der Waals surface area contributed by atoms with Gasteiger partial charge < -0.3 is 10.4 Å². The van der Waals surface area contributed by atoms with E-state index in [1.54, 1.807) is 0 Å². The van der Waals surface area contributed by atoms with Gasteiger partial charge in [0.2, 0.25) is 0 Å². The summed E-state index contributed by atoms with van der Waals surface area (Å²) in [5, 5.41) is 12.3. The summed E-state index contributed by atoms with van der Waals surface area (Å²) in [6.07, 6.45) is 2.82. The van der Waals surface area contributed by atoms with Crippen LogP contribution < -0.4 is 5.32 Å². The van der Waals surface area contributed by atoms with Crippen molar-refractivity contribution in [2.45, 2.75) is 31.7 Å². The highest BCUT2D eigenvalue weighted by Crippen LogP contribution is 2.31. The number of benzene rings is 1. The highest BCUT2D eigenvalue weighted by molar-refractivity contribution is 14.1. The molecule has 0 saturated heterocycles. The fourth-order valence-electron chi connectivity index (χ4n) is 2.06. The Morgan fingerprint density at radius 2 is 2.24 bits per heavy atom. The van der Waals surface area contributed by atoms with E-state index in [0.29, 0.717) is 5.56 Å². The van der Waals surface area contributed by atoms with Gasteiger partial charge in [0, 0.05) is 3.57 Å². The molecule has 0 aliphatic heterocycles. The number of carbonyl (C=O) groups excluding carboxylic acids is 1. The van der Waals surface area contributed by atoms with Crippen LogP contribution in [-0.4, -0.2) is 23.2 Å². The van der Waals surface area contributed by atoms with Crippen LogP contribution >= 0.6 is 22.6 Å². The molecule has 0 aromatic heterocycles. The predicted molar refractivity (Wildman–Crippen MR) is 75.0 cm³/mol. The molecule has 2 rings (SSSR count). The summed E-state index contributed by atoms with van der Waals surface area (Å²) in [6, 6.07) is 5.70. The number of hydrogen-bond acceptors (Lipinski definition) is 2. The van der Waals surface area contributed by atoms with E-state index in [4.69, 9.17) is 0 Å². The zero-order chi connectivity index (χ0) is 12.5. The number of aliphatic hydroxyl groups excluding tert-OH is 1. The van der Waals surface area contributed by atoms with Crippen molar-refractivity contribution >= 4 is 28.5 Å². The molecule has 92 valence electrons. The maximum atomic E-state index is 12.2. The van der Waals surface area contributed by atoms with Gasteiger partial charge in [-0.05, 0) is 60.4 Å². The number of carbonyl (C=O) groups is 1. The second kappa shape index (κ2) is 4.94. The predicted octanol–water partition coefficient (Wildman–Crippen LogP) is 2.24. The summed E-state index contributed by atoms with van der Waals surface area (Å²) in [5.74, 6) is -0.0770. The first-order chi connectivity index (χ1) is 8.08. The minimum absolute atomic E-state index is 0.0289. The molecule has 0 bridgehead atoms. The Labute approximate surface area is 115 Å². The molecule has 3 nitrogen and oxygen atoms in total. The largest absolute Gasteiger partial charge is 0.394 e. The zero-order valence-electron chi connectivity index (χ0n) is 9.79. The number of amides is 1. The van der Waals surface area contributed by atoms with Crippen molar-refractivity contribution in [1.29, 1.82) is 0 Å². The average Bonchev–Trinajstić information content (AvgIpc) is 2.27. The van der Waals surface area contributed by atoms with Gasteiger partial charge >= 0.3 is 0 Å². The first-order valence-corrected chi connectivity index (χ1v) is 6.84. The van der Waals surface area contributed by atoms with Crippen LogP contribution in [0.1, 0.15) is 35.2 Å². The highest BCUT2D eigenvalue weighted by atomic mass is 127. The number of nitrogens with one attached hydrogen (secondary N) is 1. The van der Waals surface area contributed by atoms with Gasteiger partial charge in [0.25, 0.3) is 5.91 Å². The smallest absolute Gasteiger partial charge is 0.252 e. The van der Waals surface area contributed by atoms with E-state index in [0.717, 1.165) is 28.4 Å². The second-order valence-electron chi connectivity index (χ2n) is 4.68. The third-order valence-corrected chi connectivity index (χ3v) is 4.86. The van der Waals surface area contributed by atoms with Crippen LogP contribution in [0.15, 0.2) is 18.2 Å². The topological polar surface area (TPSA) is 49.3 Å². The lowest BCUT2D eigenvalue weighted by Crippen LogP contribution is -2.56. The molecule has 0 heterocycles. The SMILES string of the molecule is Cc1cccc(C(=O)NC2(CO)CCC2)c1I. The third-order valence-electron chi connectivity index (χ3n) is 3.43. The summed E-state index contributed by atoms with van der Waals surface area (Å²) in [6.45, 7) is 2.02. The van der Waals surface area contributed by atoms with E-state index >= 15 is 0 Å². The molecule has 17 heavy (non-hydrogen) atoms. The normalized spacial score (nSPS) is 17.4. The summed E-state index contributed by atoms with van der Waals surface area (Å²) in [4.78, 5) is 12.2. The summed E-state index contributed by atoms with van der Waals surface area (Å²) in [5.41, 5.74) is 1.43. The molecule has 4 heteroatoms. The van der Waals surface area contributed by atoms with Gasteiger partial charge in [-0.1, -0.05) is 12.1 Å². The van der Waals surface area contributed by atoms with Gasteiger partial charge in [-0.25, -0.2) is 0 Å². The van der Waals surface area contributed by atoms with Gasteiger partial charge in [-0.3, -0.25) is 4.79 Å². The van der Waals surface area contributed by atoms with E-state index in [9.17, 15) is 9.90 Å². The van der Waals surface area contributed by atoms with Crippen molar-refractivity contribution in [3.63, 3.8) is 0 Å². The fraction of sp³-hybridized carbons (Fsp3) is 0.462. The van der Waals surface area contributed by atoms with E-state index in [2.05, 4.69) is 27.9 Å². The highest BCUT2D eigenvalue weighted by Gasteiger charge is 2.38. The van der Waals surface area contributed by atoms with Gasteiger partial charge in [-0.15, -0.1) is 0 Å². The first-order valence-electron chi connectivity index (χ1n) is 5.76. The number of rotatable bonds is 3. The van der Waals surface area contributed by atoms with E-state index in [1.807, 2.05) is 25.1 Å². The Balaban J connectivity index is 2.17. The maximum absolute atomic E-state index is 12.2. The molecule has 1 amide bonds. The van der Waals surface area contributed by atoms with Crippen LogP contribution in [0.25, 0.3) is 0 Å². The second-order valence-corrected chi connectivity index (χ2v) is 5.76. The van der Waals surface area contributed by atoms with Gasteiger partial charge in [0.1, 0.15) is 0 Å². The number of halogens is 1. The molecule has 0 radical (unpaired) electrons. The van der Waals surface area contributed by atoms with Crippen LogP contribution in [0.5, 0.6) is 0 Å². The van der Waals surface area contributed by atoms with Gasteiger partial charge in [0.05, 0.1) is 17.7 Å². The molecule has 1 saturated carbocycles. The van der Waals surface area contributed by atoms with Crippen LogP contribution in [0.2, 0.25) is 0 Å². The van der Waals surface area contributed by atoms with Crippen LogP contribution in [0.3, 0.4) is 0 Å². The molecule has 1 aromatic rings. The number of aliphatic hydroxyl groups is 1. The molecular formula is C13H16INO2. The molecule has 1 aliphatic carbocycles. The summed E-state index contributed by atoms with van der Waals surface area (Å²) >= 11 is 2.19. The lowest BCUT2D eigenvalue weighted by atomic mass is 9.77. The minimum atomic E-state index is -0.371. The number of hydrogen-bond donors (Lipinski definition) is 2. The number of aryl methyl sites for hydroxylation is 1. The third kappa shape index (κ3) is 2.47. The average molecular weight is 345 g/mol. The molecule has 1 fully saturated rings. The van der Waals surface area contributed by atoms with Crippen molar-refractivity contribution in [1.82, 2.24) is 5.32 Å². The van der Waals surface area contributed by atoms with Crippen LogP contribution in [0.4, 0.5) is 0 Å². The van der Waals surface area contributed by atoms with Gasteiger partial charge in [0.15, 0.2) is 0 Å².